The zero-order valence-electron chi connectivity index (χ0n) is 12.8. The van der Waals surface area contributed by atoms with Gasteiger partial charge in [-0.2, -0.15) is 5.10 Å². The summed E-state index contributed by atoms with van der Waals surface area (Å²) in [5.74, 6) is 0.915. The first-order valence-electron chi connectivity index (χ1n) is 7.23. The summed E-state index contributed by atoms with van der Waals surface area (Å²) >= 11 is 3.54. The van der Waals surface area contributed by atoms with Crippen molar-refractivity contribution in [1.29, 1.82) is 0 Å². The van der Waals surface area contributed by atoms with E-state index in [4.69, 9.17) is 4.74 Å². The van der Waals surface area contributed by atoms with Gasteiger partial charge in [0.05, 0.1) is 6.20 Å². The minimum absolute atomic E-state index is 0.256. The maximum Gasteiger partial charge on any atom is 0.124 e. The lowest BCUT2D eigenvalue weighted by molar-refractivity contribution is 0.299. The molecule has 0 fully saturated rings. The summed E-state index contributed by atoms with van der Waals surface area (Å²) in [6.45, 7) is 5.85. The van der Waals surface area contributed by atoms with Gasteiger partial charge in [0.25, 0.3) is 0 Å². The quantitative estimate of drug-likeness (QED) is 0.823. The van der Waals surface area contributed by atoms with Crippen LogP contribution in [0.5, 0.6) is 5.75 Å². The fourth-order valence-electron chi connectivity index (χ4n) is 2.17. The molecule has 0 spiro atoms. The predicted octanol–water partition coefficient (Wildman–Crippen LogP) is 3.82. The Morgan fingerprint density at radius 1 is 1.43 bits per heavy atom. The van der Waals surface area contributed by atoms with Crippen LogP contribution in [0.1, 0.15) is 37.4 Å². The zero-order chi connectivity index (χ0) is 15.2. The van der Waals surface area contributed by atoms with Crippen LogP contribution in [0.25, 0.3) is 0 Å². The summed E-state index contributed by atoms with van der Waals surface area (Å²) in [5, 5.41) is 7.66. The van der Waals surface area contributed by atoms with Gasteiger partial charge in [-0.3, -0.25) is 4.68 Å². The molecule has 21 heavy (non-hydrogen) atoms. The molecular weight excluding hydrogens is 330 g/mol. The van der Waals surface area contributed by atoms with Crippen molar-refractivity contribution in [3.05, 3.63) is 46.2 Å². The third kappa shape index (κ3) is 4.58. The van der Waals surface area contributed by atoms with Gasteiger partial charge in [0.15, 0.2) is 0 Å². The molecule has 0 bridgehead atoms. The Morgan fingerprint density at radius 3 is 2.90 bits per heavy atom. The fraction of sp³-hybridized carbons (Fsp3) is 0.438. The Kier molecular flexibility index (Phi) is 5.82. The molecule has 4 nitrogen and oxygen atoms in total. The van der Waals surface area contributed by atoms with Gasteiger partial charge in [-0.25, -0.2) is 0 Å². The van der Waals surface area contributed by atoms with Gasteiger partial charge in [0.1, 0.15) is 12.4 Å². The summed E-state index contributed by atoms with van der Waals surface area (Å²) in [4.78, 5) is 0. The summed E-state index contributed by atoms with van der Waals surface area (Å²) in [6.07, 6.45) is 4.92. The normalized spacial score (nSPS) is 12.4. The Hall–Kier alpha value is -1.33. The number of aromatic nitrogens is 2. The van der Waals surface area contributed by atoms with Crippen molar-refractivity contribution in [2.24, 2.45) is 7.05 Å². The molecule has 5 heteroatoms. The molecule has 0 saturated carbocycles. The van der Waals surface area contributed by atoms with Crippen molar-refractivity contribution < 1.29 is 4.74 Å². The average Bonchev–Trinajstić information content (AvgIpc) is 2.89. The number of rotatable bonds is 7. The number of benzene rings is 1. The summed E-state index contributed by atoms with van der Waals surface area (Å²) in [7, 11) is 1.91. The summed E-state index contributed by atoms with van der Waals surface area (Å²) < 4.78 is 8.83. The lowest BCUT2D eigenvalue weighted by atomic mass is 10.1. The molecule has 2 aromatic rings. The second kappa shape index (κ2) is 7.61. The molecule has 1 aromatic heterocycles. The molecule has 0 aliphatic rings. The monoisotopic (exact) mass is 351 g/mol. The molecule has 0 aliphatic heterocycles. The SMILES string of the molecule is CCCNC(C)c1cc(Br)ccc1OCc1cnn(C)c1. The Balaban J connectivity index is 2.10. The minimum Gasteiger partial charge on any atom is -0.488 e. The van der Waals surface area contributed by atoms with E-state index in [-0.39, 0.29) is 6.04 Å². The van der Waals surface area contributed by atoms with E-state index in [1.165, 1.54) is 5.56 Å². The van der Waals surface area contributed by atoms with Crippen LogP contribution in [0, 0.1) is 0 Å². The van der Waals surface area contributed by atoms with Crippen molar-refractivity contribution in [1.82, 2.24) is 15.1 Å². The smallest absolute Gasteiger partial charge is 0.124 e. The fourth-order valence-corrected chi connectivity index (χ4v) is 2.55. The number of halogens is 1. The highest BCUT2D eigenvalue weighted by molar-refractivity contribution is 9.10. The van der Waals surface area contributed by atoms with E-state index < -0.39 is 0 Å². The van der Waals surface area contributed by atoms with Crippen LogP contribution in [-0.4, -0.2) is 16.3 Å². The first-order chi connectivity index (χ1) is 10.1. The minimum atomic E-state index is 0.256. The maximum atomic E-state index is 5.98. The summed E-state index contributed by atoms with van der Waals surface area (Å²) in [6, 6.07) is 6.40. The van der Waals surface area contributed by atoms with Crippen LogP contribution in [-0.2, 0) is 13.7 Å². The third-order valence-electron chi connectivity index (χ3n) is 3.29. The molecule has 114 valence electrons. The van der Waals surface area contributed by atoms with Gasteiger partial charge in [0, 0.05) is 34.9 Å². The second-order valence-corrected chi connectivity index (χ2v) is 6.08. The molecule has 1 atom stereocenters. The molecule has 0 amide bonds. The highest BCUT2D eigenvalue weighted by atomic mass is 79.9. The van der Waals surface area contributed by atoms with Gasteiger partial charge in [-0.05, 0) is 38.1 Å². The van der Waals surface area contributed by atoms with E-state index >= 15 is 0 Å². The standard InChI is InChI=1S/C16H22BrN3O/c1-4-7-18-12(2)15-8-14(17)5-6-16(15)21-11-13-9-19-20(3)10-13/h5-6,8-10,12,18H,4,7,11H2,1-3H3. The molecule has 0 aliphatic carbocycles. The largest absolute Gasteiger partial charge is 0.488 e. The average molecular weight is 352 g/mol. The van der Waals surface area contributed by atoms with Crippen LogP contribution in [0.4, 0.5) is 0 Å². The molecule has 0 saturated heterocycles. The molecule has 1 aromatic carbocycles. The van der Waals surface area contributed by atoms with Crippen LogP contribution in [0.15, 0.2) is 35.1 Å². The molecule has 1 unspecified atom stereocenters. The summed E-state index contributed by atoms with van der Waals surface area (Å²) in [5.41, 5.74) is 2.24. The maximum absolute atomic E-state index is 5.98. The highest BCUT2D eigenvalue weighted by Gasteiger charge is 2.12. The van der Waals surface area contributed by atoms with Crippen molar-refractivity contribution in [2.45, 2.75) is 32.9 Å². The molecule has 1 N–H and O–H groups in total. The lowest BCUT2D eigenvalue weighted by Gasteiger charge is -2.18. The Morgan fingerprint density at radius 2 is 2.24 bits per heavy atom. The van der Waals surface area contributed by atoms with Crippen molar-refractivity contribution in [3.8, 4) is 5.75 Å². The van der Waals surface area contributed by atoms with Gasteiger partial charge < -0.3 is 10.1 Å². The third-order valence-corrected chi connectivity index (χ3v) is 3.78. The van der Waals surface area contributed by atoms with Gasteiger partial charge in [-0.15, -0.1) is 0 Å². The van der Waals surface area contributed by atoms with E-state index in [0.717, 1.165) is 28.8 Å². The first-order valence-corrected chi connectivity index (χ1v) is 8.02. The number of nitrogens with one attached hydrogen (secondary N) is 1. The molecular formula is C16H22BrN3O. The van der Waals surface area contributed by atoms with E-state index in [1.54, 1.807) is 4.68 Å². The van der Waals surface area contributed by atoms with Gasteiger partial charge in [0.2, 0.25) is 0 Å². The first kappa shape index (κ1) is 16.0. The van der Waals surface area contributed by atoms with Crippen molar-refractivity contribution >= 4 is 15.9 Å². The number of nitrogens with zero attached hydrogens (tertiary/aromatic N) is 2. The lowest BCUT2D eigenvalue weighted by Crippen LogP contribution is -2.20. The van der Waals surface area contributed by atoms with E-state index in [1.807, 2.05) is 31.6 Å². The highest BCUT2D eigenvalue weighted by Crippen LogP contribution is 2.29. The van der Waals surface area contributed by atoms with Crippen LogP contribution < -0.4 is 10.1 Å². The molecule has 1 heterocycles. The van der Waals surface area contributed by atoms with E-state index in [2.05, 4.69) is 46.3 Å². The Bertz CT molecular complexity index is 583. The molecule has 2 rings (SSSR count). The Labute approximate surface area is 134 Å². The number of hydrogen-bond donors (Lipinski definition) is 1. The van der Waals surface area contributed by atoms with E-state index in [9.17, 15) is 0 Å². The zero-order valence-corrected chi connectivity index (χ0v) is 14.4. The van der Waals surface area contributed by atoms with Crippen molar-refractivity contribution in [2.75, 3.05) is 6.54 Å². The van der Waals surface area contributed by atoms with Crippen molar-refractivity contribution in [3.63, 3.8) is 0 Å². The predicted molar refractivity (Wildman–Crippen MR) is 88.4 cm³/mol. The number of hydrogen-bond acceptors (Lipinski definition) is 3. The van der Waals surface area contributed by atoms with Gasteiger partial charge in [-0.1, -0.05) is 22.9 Å². The van der Waals surface area contributed by atoms with Crippen LogP contribution >= 0.6 is 15.9 Å². The topological polar surface area (TPSA) is 39.1 Å². The second-order valence-electron chi connectivity index (χ2n) is 5.17. The van der Waals surface area contributed by atoms with Gasteiger partial charge >= 0.3 is 0 Å². The van der Waals surface area contributed by atoms with Crippen LogP contribution in [0.3, 0.4) is 0 Å². The number of aryl methyl sites for hydroxylation is 1. The van der Waals surface area contributed by atoms with E-state index in [0.29, 0.717) is 6.61 Å². The van der Waals surface area contributed by atoms with Crippen LogP contribution in [0.2, 0.25) is 0 Å². The molecule has 0 radical (unpaired) electrons. The number of ether oxygens (including phenoxy) is 1.